The predicted octanol–water partition coefficient (Wildman–Crippen LogP) is 2.22. The van der Waals surface area contributed by atoms with Crippen LogP contribution in [0.5, 0.6) is 11.5 Å². The van der Waals surface area contributed by atoms with E-state index in [4.69, 9.17) is 14.2 Å². The molecule has 0 amide bonds. The molecule has 2 unspecified atom stereocenters. The average molecular weight is 265 g/mol. The molecule has 1 aliphatic heterocycles. The molecule has 1 saturated heterocycles. The smallest absolute Gasteiger partial charge is 0.127 e. The predicted molar refractivity (Wildman–Crippen MR) is 74.8 cm³/mol. The Labute approximate surface area is 115 Å². The molecule has 1 heterocycles. The van der Waals surface area contributed by atoms with Crippen molar-refractivity contribution < 1.29 is 14.2 Å². The molecule has 1 N–H and O–H groups in total. The second-order valence-corrected chi connectivity index (χ2v) is 4.97. The quantitative estimate of drug-likeness (QED) is 0.856. The Hall–Kier alpha value is -1.26. The molecule has 0 bridgehead atoms. The third-order valence-electron chi connectivity index (χ3n) is 3.78. The molecule has 0 radical (unpaired) electrons. The van der Waals surface area contributed by atoms with E-state index in [9.17, 15) is 0 Å². The Morgan fingerprint density at radius 1 is 1.37 bits per heavy atom. The van der Waals surface area contributed by atoms with E-state index >= 15 is 0 Å². The van der Waals surface area contributed by atoms with Crippen LogP contribution in [0.3, 0.4) is 0 Å². The van der Waals surface area contributed by atoms with E-state index in [1.165, 1.54) is 0 Å². The third kappa shape index (κ3) is 3.61. The van der Waals surface area contributed by atoms with Gasteiger partial charge >= 0.3 is 0 Å². The first kappa shape index (κ1) is 14.2. The van der Waals surface area contributed by atoms with E-state index in [1.807, 2.05) is 18.2 Å². The largest absolute Gasteiger partial charge is 0.497 e. The van der Waals surface area contributed by atoms with Gasteiger partial charge in [-0.1, -0.05) is 6.07 Å². The Balaban J connectivity index is 1.94. The van der Waals surface area contributed by atoms with Crippen molar-refractivity contribution in [1.82, 2.24) is 5.32 Å². The second-order valence-electron chi connectivity index (χ2n) is 4.97. The van der Waals surface area contributed by atoms with Crippen LogP contribution in [0.2, 0.25) is 0 Å². The van der Waals surface area contributed by atoms with Crippen molar-refractivity contribution in [2.24, 2.45) is 5.92 Å². The average Bonchev–Trinajstić information content (AvgIpc) is 2.98. The van der Waals surface area contributed by atoms with Crippen LogP contribution in [0.4, 0.5) is 0 Å². The highest BCUT2D eigenvalue weighted by molar-refractivity contribution is 5.40. The van der Waals surface area contributed by atoms with E-state index in [0.717, 1.165) is 43.2 Å². The van der Waals surface area contributed by atoms with Crippen LogP contribution in [0, 0.1) is 5.92 Å². The summed E-state index contributed by atoms with van der Waals surface area (Å²) in [5.41, 5.74) is 1.15. The van der Waals surface area contributed by atoms with Crippen LogP contribution in [-0.4, -0.2) is 33.5 Å². The van der Waals surface area contributed by atoms with Gasteiger partial charge in [0.25, 0.3) is 0 Å². The van der Waals surface area contributed by atoms with Crippen molar-refractivity contribution in [1.29, 1.82) is 0 Å². The number of rotatable bonds is 6. The first-order chi connectivity index (χ1) is 9.24. The van der Waals surface area contributed by atoms with Gasteiger partial charge in [-0.2, -0.15) is 0 Å². The Morgan fingerprint density at radius 2 is 2.21 bits per heavy atom. The van der Waals surface area contributed by atoms with Crippen LogP contribution in [0.1, 0.15) is 18.9 Å². The SMILES string of the molecule is COc1ccc(CNC(C)C2CCOC2)c(OC)c1. The normalized spacial score (nSPS) is 20.3. The van der Waals surface area contributed by atoms with Gasteiger partial charge < -0.3 is 19.5 Å². The van der Waals surface area contributed by atoms with Gasteiger partial charge in [-0.3, -0.25) is 0 Å². The van der Waals surface area contributed by atoms with E-state index in [-0.39, 0.29) is 0 Å². The summed E-state index contributed by atoms with van der Waals surface area (Å²) in [6.45, 7) is 4.77. The summed E-state index contributed by atoms with van der Waals surface area (Å²) in [5, 5.41) is 3.55. The highest BCUT2D eigenvalue weighted by Crippen LogP contribution is 2.25. The monoisotopic (exact) mass is 265 g/mol. The van der Waals surface area contributed by atoms with Gasteiger partial charge in [0, 0.05) is 30.8 Å². The molecule has 0 aromatic heterocycles. The number of ether oxygens (including phenoxy) is 3. The van der Waals surface area contributed by atoms with Gasteiger partial charge in [-0.05, 0) is 25.3 Å². The molecule has 1 aliphatic rings. The van der Waals surface area contributed by atoms with Gasteiger partial charge in [-0.15, -0.1) is 0 Å². The zero-order valence-electron chi connectivity index (χ0n) is 11.9. The first-order valence-electron chi connectivity index (χ1n) is 6.76. The molecular weight excluding hydrogens is 242 g/mol. The van der Waals surface area contributed by atoms with Crippen molar-refractivity contribution in [3.63, 3.8) is 0 Å². The molecule has 19 heavy (non-hydrogen) atoms. The molecular formula is C15H23NO3. The maximum atomic E-state index is 5.42. The van der Waals surface area contributed by atoms with E-state index in [0.29, 0.717) is 12.0 Å². The summed E-state index contributed by atoms with van der Waals surface area (Å²) in [5.74, 6) is 2.30. The molecule has 106 valence electrons. The third-order valence-corrected chi connectivity index (χ3v) is 3.78. The van der Waals surface area contributed by atoms with Gasteiger partial charge in [0.1, 0.15) is 11.5 Å². The van der Waals surface area contributed by atoms with E-state index in [1.54, 1.807) is 14.2 Å². The Kier molecular flexibility index (Phi) is 5.05. The van der Waals surface area contributed by atoms with Crippen molar-refractivity contribution in [3.05, 3.63) is 23.8 Å². The molecule has 4 nitrogen and oxygen atoms in total. The second kappa shape index (κ2) is 6.78. The molecule has 1 aromatic rings. The molecule has 0 aliphatic carbocycles. The Bertz CT molecular complexity index is 402. The van der Waals surface area contributed by atoms with Crippen LogP contribution >= 0.6 is 0 Å². The minimum Gasteiger partial charge on any atom is -0.497 e. The number of benzene rings is 1. The van der Waals surface area contributed by atoms with Crippen molar-refractivity contribution in [2.75, 3.05) is 27.4 Å². The zero-order chi connectivity index (χ0) is 13.7. The highest BCUT2D eigenvalue weighted by Gasteiger charge is 2.21. The molecule has 4 heteroatoms. The van der Waals surface area contributed by atoms with Crippen LogP contribution in [-0.2, 0) is 11.3 Å². The summed E-state index contributed by atoms with van der Waals surface area (Å²) in [6, 6.07) is 6.38. The zero-order valence-corrected chi connectivity index (χ0v) is 11.9. The lowest BCUT2D eigenvalue weighted by molar-refractivity contribution is 0.178. The standard InChI is InChI=1S/C15H23NO3/c1-11(13-6-7-19-10-13)16-9-12-4-5-14(17-2)8-15(12)18-3/h4-5,8,11,13,16H,6-7,9-10H2,1-3H3. The van der Waals surface area contributed by atoms with Gasteiger partial charge in [0.2, 0.25) is 0 Å². The fourth-order valence-corrected chi connectivity index (χ4v) is 2.38. The molecule has 0 saturated carbocycles. The topological polar surface area (TPSA) is 39.7 Å². The number of hydrogen-bond donors (Lipinski definition) is 1. The van der Waals surface area contributed by atoms with Gasteiger partial charge in [-0.25, -0.2) is 0 Å². The fourth-order valence-electron chi connectivity index (χ4n) is 2.38. The minimum absolute atomic E-state index is 0.453. The van der Waals surface area contributed by atoms with Crippen molar-refractivity contribution in [2.45, 2.75) is 25.9 Å². The number of methoxy groups -OCH3 is 2. The summed E-state index contributed by atoms with van der Waals surface area (Å²) < 4.78 is 16.0. The van der Waals surface area contributed by atoms with Crippen LogP contribution in [0.15, 0.2) is 18.2 Å². The maximum Gasteiger partial charge on any atom is 0.127 e. The molecule has 0 spiro atoms. The molecule has 1 fully saturated rings. The lowest BCUT2D eigenvalue weighted by Gasteiger charge is -2.20. The fraction of sp³-hybridized carbons (Fsp3) is 0.600. The molecule has 2 rings (SSSR count). The lowest BCUT2D eigenvalue weighted by Crippen LogP contribution is -2.33. The highest BCUT2D eigenvalue weighted by atomic mass is 16.5. The first-order valence-corrected chi connectivity index (χ1v) is 6.76. The summed E-state index contributed by atoms with van der Waals surface area (Å²) in [4.78, 5) is 0. The van der Waals surface area contributed by atoms with Crippen LogP contribution < -0.4 is 14.8 Å². The van der Waals surface area contributed by atoms with Crippen LogP contribution in [0.25, 0.3) is 0 Å². The minimum atomic E-state index is 0.453. The summed E-state index contributed by atoms with van der Waals surface area (Å²) in [7, 11) is 3.35. The van der Waals surface area contributed by atoms with E-state index in [2.05, 4.69) is 12.2 Å². The van der Waals surface area contributed by atoms with Crippen molar-refractivity contribution in [3.8, 4) is 11.5 Å². The maximum absolute atomic E-state index is 5.42. The summed E-state index contributed by atoms with van der Waals surface area (Å²) >= 11 is 0. The van der Waals surface area contributed by atoms with E-state index < -0.39 is 0 Å². The summed E-state index contributed by atoms with van der Waals surface area (Å²) in [6.07, 6.45) is 1.15. The van der Waals surface area contributed by atoms with Crippen molar-refractivity contribution >= 4 is 0 Å². The molecule has 1 aromatic carbocycles. The Morgan fingerprint density at radius 3 is 2.84 bits per heavy atom. The number of hydrogen-bond acceptors (Lipinski definition) is 4. The molecule has 2 atom stereocenters. The van der Waals surface area contributed by atoms with Gasteiger partial charge in [0.15, 0.2) is 0 Å². The lowest BCUT2D eigenvalue weighted by atomic mass is 10.0. The van der Waals surface area contributed by atoms with Gasteiger partial charge in [0.05, 0.1) is 20.8 Å². The number of nitrogens with one attached hydrogen (secondary N) is 1.